The van der Waals surface area contributed by atoms with Crippen molar-refractivity contribution < 1.29 is 9.47 Å². The van der Waals surface area contributed by atoms with E-state index in [4.69, 9.17) is 15.2 Å². The van der Waals surface area contributed by atoms with E-state index in [2.05, 4.69) is 22.0 Å². The van der Waals surface area contributed by atoms with Crippen LogP contribution in [0.4, 0.5) is 0 Å². The molecule has 0 aromatic heterocycles. The molecule has 0 spiro atoms. The number of methoxy groups -OCH3 is 2. The Morgan fingerprint density at radius 1 is 1.05 bits per heavy atom. The minimum Gasteiger partial charge on any atom is -0.496 e. The zero-order chi connectivity index (χ0) is 15.2. The van der Waals surface area contributed by atoms with Gasteiger partial charge in [0.05, 0.1) is 19.1 Å². The van der Waals surface area contributed by atoms with Crippen molar-refractivity contribution in [2.45, 2.75) is 16.2 Å². The van der Waals surface area contributed by atoms with Gasteiger partial charge in [-0.25, -0.2) is 0 Å². The molecule has 2 N–H and O–H groups in total. The highest BCUT2D eigenvalue weighted by Gasteiger charge is 2.13. The second kappa shape index (κ2) is 7.73. The lowest BCUT2D eigenvalue weighted by Crippen LogP contribution is -2.05. The molecule has 0 saturated heterocycles. The number of rotatable bonds is 6. The minimum atomic E-state index is 0.580. The molecule has 0 aliphatic carbocycles. The molecule has 0 fully saturated rings. The van der Waals surface area contributed by atoms with Gasteiger partial charge in [-0.15, -0.1) is 0 Å². The summed E-state index contributed by atoms with van der Waals surface area (Å²) in [6.45, 7) is 0.580. The van der Waals surface area contributed by atoms with Gasteiger partial charge >= 0.3 is 0 Å². The maximum atomic E-state index is 5.65. The van der Waals surface area contributed by atoms with Gasteiger partial charge in [0.15, 0.2) is 0 Å². The van der Waals surface area contributed by atoms with E-state index in [9.17, 15) is 0 Å². The molecule has 0 heterocycles. The molecule has 0 saturated carbocycles. The summed E-state index contributed by atoms with van der Waals surface area (Å²) in [5.74, 6) is 1.68. The number of hydrogen-bond donors (Lipinski definition) is 1. The van der Waals surface area contributed by atoms with E-state index in [0.29, 0.717) is 6.54 Å². The van der Waals surface area contributed by atoms with Crippen LogP contribution in [0.15, 0.2) is 50.7 Å². The molecule has 21 heavy (non-hydrogen) atoms. The Morgan fingerprint density at radius 2 is 1.76 bits per heavy atom. The molecular weight excluding hydrogens is 350 g/mol. The van der Waals surface area contributed by atoms with Crippen LogP contribution < -0.4 is 15.2 Å². The lowest BCUT2D eigenvalue weighted by Gasteiger charge is -2.14. The van der Waals surface area contributed by atoms with Crippen LogP contribution in [0.25, 0.3) is 0 Å². The van der Waals surface area contributed by atoms with Crippen molar-refractivity contribution in [2.75, 3.05) is 20.8 Å². The Labute approximate surface area is 138 Å². The Morgan fingerprint density at radius 3 is 2.38 bits per heavy atom. The molecule has 0 bridgehead atoms. The average Bonchev–Trinajstić information content (AvgIpc) is 2.50. The maximum Gasteiger partial charge on any atom is 0.133 e. The molecule has 0 atom stereocenters. The van der Waals surface area contributed by atoms with Crippen molar-refractivity contribution in [3.05, 3.63) is 46.4 Å². The predicted octanol–water partition coefficient (Wildman–Crippen LogP) is 4.12. The van der Waals surface area contributed by atoms with Crippen LogP contribution in [0.3, 0.4) is 0 Å². The monoisotopic (exact) mass is 367 g/mol. The molecule has 0 radical (unpaired) electrons. The molecule has 0 aliphatic heterocycles. The predicted molar refractivity (Wildman–Crippen MR) is 90.6 cm³/mol. The van der Waals surface area contributed by atoms with Crippen LogP contribution in [0.2, 0.25) is 0 Å². The van der Waals surface area contributed by atoms with Crippen LogP contribution in [0, 0.1) is 0 Å². The number of nitrogens with two attached hydrogens (primary N) is 1. The summed E-state index contributed by atoms with van der Waals surface area (Å²) < 4.78 is 12.0. The van der Waals surface area contributed by atoms with Crippen molar-refractivity contribution in [1.29, 1.82) is 0 Å². The normalized spacial score (nSPS) is 10.5. The SMILES string of the molecule is COc1cc(Sc2ccccc2Br)c(OC)cc1CCN. The highest BCUT2D eigenvalue weighted by molar-refractivity contribution is 9.10. The molecule has 0 amide bonds. The molecular formula is C16H18BrNO2S. The van der Waals surface area contributed by atoms with Crippen molar-refractivity contribution in [3.8, 4) is 11.5 Å². The topological polar surface area (TPSA) is 44.5 Å². The number of benzene rings is 2. The molecule has 2 aromatic rings. The van der Waals surface area contributed by atoms with Crippen LogP contribution >= 0.6 is 27.7 Å². The third-order valence-corrected chi connectivity index (χ3v) is 5.11. The van der Waals surface area contributed by atoms with E-state index in [1.807, 2.05) is 30.3 Å². The van der Waals surface area contributed by atoms with E-state index in [-0.39, 0.29) is 0 Å². The van der Waals surface area contributed by atoms with E-state index < -0.39 is 0 Å². The summed E-state index contributed by atoms with van der Waals surface area (Å²) in [5.41, 5.74) is 6.71. The third kappa shape index (κ3) is 3.93. The standard InChI is InChI=1S/C16H18BrNO2S/c1-19-13-10-16(14(20-2)9-11(13)7-8-18)21-15-6-4-3-5-12(15)17/h3-6,9-10H,7-8,18H2,1-2H3. The lowest BCUT2D eigenvalue weighted by molar-refractivity contribution is 0.390. The summed E-state index contributed by atoms with van der Waals surface area (Å²) in [5, 5.41) is 0. The fraction of sp³-hybridized carbons (Fsp3) is 0.250. The smallest absolute Gasteiger partial charge is 0.133 e. The zero-order valence-electron chi connectivity index (χ0n) is 12.1. The van der Waals surface area contributed by atoms with E-state index in [1.54, 1.807) is 26.0 Å². The van der Waals surface area contributed by atoms with Crippen LogP contribution in [-0.4, -0.2) is 20.8 Å². The van der Waals surface area contributed by atoms with Crippen molar-refractivity contribution in [2.24, 2.45) is 5.73 Å². The Bertz CT molecular complexity index is 619. The van der Waals surface area contributed by atoms with Gasteiger partial charge < -0.3 is 15.2 Å². The number of ether oxygens (including phenoxy) is 2. The van der Waals surface area contributed by atoms with Gasteiger partial charge in [0.1, 0.15) is 11.5 Å². The van der Waals surface area contributed by atoms with Gasteiger partial charge in [-0.3, -0.25) is 0 Å². The first-order valence-corrected chi connectivity index (χ1v) is 8.18. The van der Waals surface area contributed by atoms with E-state index in [1.165, 1.54) is 0 Å². The molecule has 0 aliphatic rings. The van der Waals surface area contributed by atoms with Crippen LogP contribution in [0.5, 0.6) is 11.5 Å². The van der Waals surface area contributed by atoms with Gasteiger partial charge in [0.2, 0.25) is 0 Å². The summed E-state index contributed by atoms with van der Waals surface area (Å²) >= 11 is 5.20. The molecule has 112 valence electrons. The molecule has 5 heteroatoms. The summed E-state index contributed by atoms with van der Waals surface area (Å²) in [4.78, 5) is 2.14. The van der Waals surface area contributed by atoms with Gasteiger partial charge in [-0.05, 0) is 58.7 Å². The van der Waals surface area contributed by atoms with Crippen molar-refractivity contribution in [3.63, 3.8) is 0 Å². The van der Waals surface area contributed by atoms with Crippen LogP contribution in [0.1, 0.15) is 5.56 Å². The van der Waals surface area contributed by atoms with Crippen LogP contribution in [-0.2, 0) is 6.42 Å². The first kappa shape index (κ1) is 16.2. The highest BCUT2D eigenvalue weighted by atomic mass is 79.9. The Balaban J connectivity index is 2.40. The van der Waals surface area contributed by atoms with E-state index in [0.717, 1.165) is 37.7 Å². The van der Waals surface area contributed by atoms with Gasteiger partial charge in [0.25, 0.3) is 0 Å². The van der Waals surface area contributed by atoms with Crippen molar-refractivity contribution >= 4 is 27.7 Å². The second-order valence-electron chi connectivity index (χ2n) is 4.39. The highest BCUT2D eigenvalue weighted by Crippen LogP contribution is 2.41. The minimum absolute atomic E-state index is 0.580. The molecule has 0 unspecified atom stereocenters. The first-order chi connectivity index (χ1) is 10.2. The zero-order valence-corrected chi connectivity index (χ0v) is 14.5. The fourth-order valence-electron chi connectivity index (χ4n) is 2.01. The summed E-state index contributed by atoms with van der Waals surface area (Å²) in [6.07, 6.45) is 0.763. The summed E-state index contributed by atoms with van der Waals surface area (Å²) in [6, 6.07) is 12.1. The third-order valence-electron chi connectivity index (χ3n) is 3.04. The Hall–Kier alpha value is -1.17. The van der Waals surface area contributed by atoms with Crippen molar-refractivity contribution in [1.82, 2.24) is 0 Å². The van der Waals surface area contributed by atoms with Gasteiger partial charge in [-0.2, -0.15) is 0 Å². The van der Waals surface area contributed by atoms with Gasteiger partial charge in [-0.1, -0.05) is 23.9 Å². The maximum absolute atomic E-state index is 5.65. The second-order valence-corrected chi connectivity index (χ2v) is 6.32. The fourth-order valence-corrected chi connectivity index (χ4v) is 3.50. The summed E-state index contributed by atoms with van der Waals surface area (Å²) in [7, 11) is 3.35. The quantitative estimate of drug-likeness (QED) is 0.833. The first-order valence-electron chi connectivity index (χ1n) is 6.57. The lowest BCUT2D eigenvalue weighted by atomic mass is 10.1. The Kier molecular flexibility index (Phi) is 5.96. The largest absolute Gasteiger partial charge is 0.496 e. The molecule has 3 nitrogen and oxygen atoms in total. The van der Waals surface area contributed by atoms with E-state index >= 15 is 0 Å². The number of halogens is 1. The van der Waals surface area contributed by atoms with Gasteiger partial charge in [0, 0.05) is 9.37 Å². The number of hydrogen-bond acceptors (Lipinski definition) is 4. The molecule has 2 rings (SSSR count). The average molecular weight is 368 g/mol. The molecule has 2 aromatic carbocycles.